The molecule has 2 aliphatic heterocycles. The van der Waals surface area contributed by atoms with Crippen molar-refractivity contribution >= 4 is 0 Å². The molecule has 2 atom stereocenters. The van der Waals surface area contributed by atoms with Crippen LogP contribution in [0.4, 0.5) is 0 Å². The molecule has 0 spiro atoms. The summed E-state index contributed by atoms with van der Waals surface area (Å²) >= 11 is 0. The Morgan fingerprint density at radius 3 is 1.88 bits per heavy atom. The van der Waals surface area contributed by atoms with Gasteiger partial charge < -0.3 is 14.6 Å². The number of hydrogen-bond acceptors (Lipinski definition) is 3. The summed E-state index contributed by atoms with van der Waals surface area (Å²) in [6.45, 7) is 1.42. The van der Waals surface area contributed by atoms with Crippen LogP contribution in [0.3, 0.4) is 0 Å². The van der Waals surface area contributed by atoms with Crippen LogP contribution in [0.25, 0.3) is 0 Å². The van der Waals surface area contributed by atoms with Crippen LogP contribution in [0, 0.1) is 0 Å². The van der Waals surface area contributed by atoms with Crippen molar-refractivity contribution in [3.05, 3.63) is 0 Å². The molecular formula is C5H8O3. The van der Waals surface area contributed by atoms with Crippen LogP contribution in [0.2, 0.25) is 0 Å². The second-order valence-corrected chi connectivity index (χ2v) is 2.23. The molecule has 0 amide bonds. The summed E-state index contributed by atoms with van der Waals surface area (Å²) in [6, 6.07) is 0. The predicted molar refractivity (Wildman–Crippen MR) is 25.5 cm³/mol. The maximum Gasteiger partial charge on any atom is 0.111 e. The van der Waals surface area contributed by atoms with E-state index in [0.717, 1.165) is 0 Å². The molecule has 2 aliphatic rings. The number of ether oxygens (including phenoxy) is 2. The van der Waals surface area contributed by atoms with Gasteiger partial charge in [0.1, 0.15) is 18.3 Å². The Balaban J connectivity index is 1.84. The molecule has 2 rings (SSSR count). The Bertz CT molecular complexity index is 83.8. The van der Waals surface area contributed by atoms with Crippen molar-refractivity contribution in [2.45, 2.75) is 18.3 Å². The minimum absolute atomic E-state index is 0.0856. The largest absolute Gasteiger partial charge is 0.388 e. The monoisotopic (exact) mass is 116 g/mol. The molecule has 0 radical (unpaired) electrons. The summed E-state index contributed by atoms with van der Waals surface area (Å²) in [5.41, 5.74) is 0. The molecule has 8 heavy (non-hydrogen) atoms. The maximum absolute atomic E-state index is 9.08. The second kappa shape index (κ2) is 1.43. The minimum atomic E-state index is -0.352. The molecular weight excluding hydrogens is 108 g/mol. The average molecular weight is 116 g/mol. The fraction of sp³-hybridized carbons (Fsp3) is 1.00. The minimum Gasteiger partial charge on any atom is -0.388 e. The summed E-state index contributed by atoms with van der Waals surface area (Å²) in [7, 11) is 0. The van der Waals surface area contributed by atoms with Crippen LogP contribution in [0.5, 0.6) is 0 Å². The van der Waals surface area contributed by atoms with Gasteiger partial charge in [0.05, 0.1) is 13.2 Å². The molecule has 0 bridgehead atoms. The molecule has 0 aromatic carbocycles. The van der Waals surface area contributed by atoms with Gasteiger partial charge >= 0.3 is 0 Å². The number of epoxide rings is 2. The lowest BCUT2D eigenvalue weighted by atomic mass is 10.2. The predicted octanol–water partition coefficient (Wildman–Crippen LogP) is -0.855. The van der Waals surface area contributed by atoms with Gasteiger partial charge in [0, 0.05) is 0 Å². The van der Waals surface area contributed by atoms with E-state index >= 15 is 0 Å². The third-order valence-corrected chi connectivity index (χ3v) is 1.48. The third-order valence-electron chi connectivity index (χ3n) is 1.48. The molecule has 2 fully saturated rings. The van der Waals surface area contributed by atoms with Crippen LogP contribution in [-0.4, -0.2) is 36.6 Å². The Kier molecular flexibility index (Phi) is 0.848. The van der Waals surface area contributed by atoms with E-state index in [1.807, 2.05) is 0 Å². The van der Waals surface area contributed by atoms with Gasteiger partial charge in [-0.15, -0.1) is 0 Å². The zero-order valence-electron chi connectivity index (χ0n) is 4.41. The smallest absolute Gasteiger partial charge is 0.111 e. The molecule has 2 saturated heterocycles. The lowest BCUT2D eigenvalue weighted by Crippen LogP contribution is -2.21. The van der Waals surface area contributed by atoms with Crippen LogP contribution in [-0.2, 0) is 9.47 Å². The average Bonchev–Trinajstić information content (AvgIpc) is 2.63. The highest BCUT2D eigenvalue weighted by molar-refractivity contribution is 4.89. The van der Waals surface area contributed by atoms with Crippen LogP contribution in [0.15, 0.2) is 0 Å². The number of aliphatic hydroxyl groups excluding tert-OH is 1. The summed E-state index contributed by atoms with van der Waals surface area (Å²) in [5, 5.41) is 9.08. The molecule has 0 saturated carbocycles. The van der Waals surface area contributed by atoms with Crippen molar-refractivity contribution in [1.29, 1.82) is 0 Å². The summed E-state index contributed by atoms with van der Waals surface area (Å²) in [6.07, 6.45) is -0.181. The van der Waals surface area contributed by atoms with E-state index in [2.05, 4.69) is 0 Å². The van der Waals surface area contributed by atoms with Crippen molar-refractivity contribution in [1.82, 2.24) is 0 Å². The van der Waals surface area contributed by atoms with Gasteiger partial charge in [-0.1, -0.05) is 0 Å². The normalized spacial score (nSPS) is 42.8. The topological polar surface area (TPSA) is 45.3 Å². The summed E-state index contributed by atoms with van der Waals surface area (Å²) in [4.78, 5) is 0. The van der Waals surface area contributed by atoms with Gasteiger partial charge in [-0.3, -0.25) is 0 Å². The van der Waals surface area contributed by atoms with Gasteiger partial charge in [-0.05, 0) is 0 Å². The van der Waals surface area contributed by atoms with Gasteiger partial charge in [-0.25, -0.2) is 0 Å². The van der Waals surface area contributed by atoms with Crippen LogP contribution < -0.4 is 0 Å². The van der Waals surface area contributed by atoms with E-state index in [0.29, 0.717) is 13.2 Å². The molecule has 1 N–H and O–H groups in total. The lowest BCUT2D eigenvalue weighted by molar-refractivity contribution is 0.103. The van der Waals surface area contributed by atoms with E-state index in [4.69, 9.17) is 14.6 Å². The molecule has 0 aromatic heterocycles. The van der Waals surface area contributed by atoms with E-state index < -0.39 is 0 Å². The SMILES string of the molecule is OC([C@H]1CO1)[C@H]1CO1. The maximum atomic E-state index is 9.08. The third kappa shape index (κ3) is 0.727. The Labute approximate surface area is 47.2 Å². The van der Waals surface area contributed by atoms with Gasteiger partial charge in [-0.2, -0.15) is 0 Å². The quantitative estimate of drug-likeness (QED) is 0.478. The van der Waals surface area contributed by atoms with E-state index in [-0.39, 0.29) is 18.3 Å². The highest BCUT2D eigenvalue weighted by Gasteiger charge is 2.42. The van der Waals surface area contributed by atoms with E-state index in [1.165, 1.54) is 0 Å². The second-order valence-electron chi connectivity index (χ2n) is 2.23. The molecule has 3 nitrogen and oxygen atoms in total. The zero-order chi connectivity index (χ0) is 5.56. The molecule has 0 aromatic rings. The Morgan fingerprint density at radius 1 is 1.25 bits per heavy atom. The molecule has 46 valence electrons. The summed E-state index contributed by atoms with van der Waals surface area (Å²) in [5.74, 6) is 0. The zero-order valence-corrected chi connectivity index (χ0v) is 4.41. The van der Waals surface area contributed by atoms with Crippen LogP contribution >= 0.6 is 0 Å². The van der Waals surface area contributed by atoms with Crippen LogP contribution in [0.1, 0.15) is 0 Å². The first-order valence-corrected chi connectivity index (χ1v) is 2.79. The van der Waals surface area contributed by atoms with E-state index in [1.54, 1.807) is 0 Å². The first-order chi connectivity index (χ1) is 3.88. The summed E-state index contributed by atoms with van der Waals surface area (Å²) < 4.78 is 9.68. The molecule has 0 aliphatic carbocycles. The molecule has 3 heteroatoms. The van der Waals surface area contributed by atoms with Crippen molar-refractivity contribution in [3.8, 4) is 0 Å². The fourth-order valence-electron chi connectivity index (χ4n) is 0.745. The van der Waals surface area contributed by atoms with Crippen molar-refractivity contribution in [2.75, 3.05) is 13.2 Å². The molecule has 0 unspecified atom stereocenters. The van der Waals surface area contributed by atoms with Gasteiger partial charge in [0.25, 0.3) is 0 Å². The highest BCUT2D eigenvalue weighted by atomic mass is 16.6. The number of hydrogen-bond donors (Lipinski definition) is 1. The van der Waals surface area contributed by atoms with E-state index in [9.17, 15) is 0 Å². The Morgan fingerprint density at radius 2 is 1.62 bits per heavy atom. The number of aliphatic hydroxyl groups is 1. The van der Waals surface area contributed by atoms with Crippen molar-refractivity contribution in [2.24, 2.45) is 0 Å². The van der Waals surface area contributed by atoms with Crippen molar-refractivity contribution in [3.63, 3.8) is 0 Å². The lowest BCUT2D eigenvalue weighted by Gasteiger charge is -1.98. The Hall–Kier alpha value is -0.120. The van der Waals surface area contributed by atoms with Gasteiger partial charge in [0.2, 0.25) is 0 Å². The first-order valence-electron chi connectivity index (χ1n) is 2.79. The highest BCUT2D eigenvalue weighted by Crippen LogP contribution is 2.24. The van der Waals surface area contributed by atoms with Gasteiger partial charge in [0.15, 0.2) is 0 Å². The van der Waals surface area contributed by atoms with Crippen molar-refractivity contribution < 1.29 is 14.6 Å². The fourth-order valence-corrected chi connectivity index (χ4v) is 0.745. The number of rotatable bonds is 2. The standard InChI is InChI=1S/C5H8O3/c6-5(3-1-7-3)4-2-8-4/h3-6H,1-2H2/t3-,4-/m1/s1. The first kappa shape index (κ1) is 4.73. The molecule has 2 heterocycles.